The highest BCUT2D eigenvalue weighted by Crippen LogP contribution is 2.20. The van der Waals surface area contributed by atoms with E-state index in [1.807, 2.05) is 0 Å². The molecule has 0 unspecified atom stereocenters. The number of hydrogen-bond donors (Lipinski definition) is 1. The van der Waals surface area contributed by atoms with Crippen LogP contribution in [0.5, 0.6) is 0 Å². The molecule has 0 aromatic heterocycles. The van der Waals surface area contributed by atoms with Crippen molar-refractivity contribution in [1.29, 1.82) is 0 Å². The van der Waals surface area contributed by atoms with Crippen molar-refractivity contribution in [1.82, 2.24) is 0 Å². The smallest absolute Gasteiger partial charge is 0.166 e. The highest BCUT2D eigenvalue weighted by Gasteiger charge is 2.17. The Balaban J connectivity index is 0.000000791. The Morgan fingerprint density at radius 1 is 1.07 bits per heavy atom. The summed E-state index contributed by atoms with van der Waals surface area (Å²) < 4.78 is 49.9. The molecule has 0 spiro atoms. The highest BCUT2D eigenvalue weighted by molar-refractivity contribution is 6.17. The van der Waals surface area contributed by atoms with E-state index in [4.69, 9.17) is 16.7 Å². The number of aliphatic hydroxyl groups excluding tert-OH is 1. The van der Waals surface area contributed by atoms with Gasteiger partial charge in [-0.2, -0.15) is 0 Å². The van der Waals surface area contributed by atoms with Gasteiger partial charge in [0.15, 0.2) is 23.3 Å². The van der Waals surface area contributed by atoms with E-state index >= 15 is 0 Å². The Labute approximate surface area is 82.9 Å². The minimum atomic E-state index is -1.44. The first-order valence-electron chi connectivity index (χ1n) is 3.40. The summed E-state index contributed by atoms with van der Waals surface area (Å²) in [5.41, 5.74) is -0.783. The lowest BCUT2D eigenvalue weighted by molar-refractivity contribution is 0.399. The molecular weight excluding hydrogens is 224 g/mol. The Kier molecular flexibility index (Phi) is 5.49. The van der Waals surface area contributed by atoms with Gasteiger partial charge in [-0.3, -0.25) is 0 Å². The molecule has 0 radical (unpaired) electrons. The minimum absolute atomic E-state index is 0.140. The summed E-state index contributed by atoms with van der Waals surface area (Å²) in [5, 5.41) is 7.00. The summed E-state index contributed by atoms with van der Waals surface area (Å²) in [6, 6.07) is 0.140. The second-order valence-electron chi connectivity index (χ2n) is 2.08. The monoisotopic (exact) mass is 230 g/mol. The number of benzene rings is 1. The van der Waals surface area contributed by atoms with Crippen molar-refractivity contribution in [2.75, 3.05) is 7.11 Å². The number of hydrogen-bond acceptors (Lipinski definition) is 1. The molecule has 0 saturated heterocycles. The van der Waals surface area contributed by atoms with E-state index in [2.05, 4.69) is 0 Å². The first-order valence-corrected chi connectivity index (χ1v) is 3.94. The fraction of sp³-hybridized carbons (Fsp3) is 0.250. The normalized spacial score (nSPS) is 9.36. The number of alkyl halides is 1. The molecule has 1 rings (SSSR count). The molecule has 0 aliphatic carbocycles. The van der Waals surface area contributed by atoms with Crippen LogP contribution in [0.15, 0.2) is 6.07 Å². The zero-order valence-electron chi connectivity index (χ0n) is 7.12. The summed E-state index contributed by atoms with van der Waals surface area (Å²) in [6.07, 6.45) is 0. The lowest BCUT2D eigenvalue weighted by Gasteiger charge is -2.02. The van der Waals surface area contributed by atoms with Crippen molar-refractivity contribution in [2.24, 2.45) is 0 Å². The average Bonchev–Trinajstić information content (AvgIpc) is 2.19. The summed E-state index contributed by atoms with van der Waals surface area (Å²) in [5.74, 6) is -6.37. The molecule has 0 aliphatic rings. The predicted octanol–water partition coefficient (Wildman–Crippen LogP) is 2.59. The summed E-state index contributed by atoms with van der Waals surface area (Å²) >= 11 is 5.07. The van der Waals surface area contributed by atoms with E-state index in [0.717, 1.165) is 7.11 Å². The lowest BCUT2D eigenvalue weighted by Crippen LogP contribution is -2.00. The Bertz CT molecular complexity index is 290. The number of rotatable bonds is 1. The molecule has 0 saturated carbocycles. The van der Waals surface area contributed by atoms with Crippen LogP contribution in [0.4, 0.5) is 17.6 Å². The van der Waals surface area contributed by atoms with Gasteiger partial charge in [-0.1, -0.05) is 0 Å². The fourth-order valence-electron chi connectivity index (χ4n) is 0.740. The molecule has 1 aromatic rings. The SMILES string of the molecule is CO.Fc1cc(F)c(F)c(CCl)c1F. The molecule has 1 nitrogen and oxygen atoms in total. The maximum atomic E-state index is 12.6. The minimum Gasteiger partial charge on any atom is -0.400 e. The van der Waals surface area contributed by atoms with E-state index < -0.39 is 34.7 Å². The molecule has 0 amide bonds. The van der Waals surface area contributed by atoms with Gasteiger partial charge in [-0.15, -0.1) is 11.6 Å². The topological polar surface area (TPSA) is 20.2 Å². The summed E-state index contributed by atoms with van der Waals surface area (Å²) in [7, 11) is 1.00. The molecular formula is C8H7ClF4O. The van der Waals surface area contributed by atoms with Gasteiger partial charge in [-0.05, 0) is 0 Å². The number of aliphatic hydroxyl groups is 1. The highest BCUT2D eigenvalue weighted by atomic mass is 35.5. The maximum absolute atomic E-state index is 12.6. The fourth-order valence-corrected chi connectivity index (χ4v) is 0.975. The molecule has 0 bridgehead atoms. The van der Waals surface area contributed by atoms with Crippen LogP contribution in [0.2, 0.25) is 0 Å². The Hall–Kier alpha value is -0.810. The quantitative estimate of drug-likeness (QED) is 0.447. The van der Waals surface area contributed by atoms with Crippen molar-refractivity contribution in [3.05, 3.63) is 34.9 Å². The molecule has 80 valence electrons. The van der Waals surface area contributed by atoms with Crippen molar-refractivity contribution >= 4 is 11.6 Å². The van der Waals surface area contributed by atoms with Crippen molar-refractivity contribution in [3.8, 4) is 0 Å². The van der Waals surface area contributed by atoms with E-state index in [-0.39, 0.29) is 6.07 Å². The average molecular weight is 231 g/mol. The first-order chi connectivity index (χ1) is 6.57. The van der Waals surface area contributed by atoms with Gasteiger partial charge >= 0.3 is 0 Å². The molecule has 6 heteroatoms. The van der Waals surface area contributed by atoms with E-state index in [0.29, 0.717) is 0 Å². The van der Waals surface area contributed by atoms with E-state index in [9.17, 15) is 17.6 Å². The zero-order valence-corrected chi connectivity index (χ0v) is 7.88. The third-order valence-corrected chi connectivity index (χ3v) is 1.60. The van der Waals surface area contributed by atoms with Gasteiger partial charge < -0.3 is 5.11 Å². The second-order valence-corrected chi connectivity index (χ2v) is 2.35. The van der Waals surface area contributed by atoms with E-state index in [1.165, 1.54) is 0 Å². The van der Waals surface area contributed by atoms with Crippen LogP contribution < -0.4 is 0 Å². The third-order valence-electron chi connectivity index (χ3n) is 1.34. The Morgan fingerprint density at radius 3 is 1.71 bits per heavy atom. The van der Waals surface area contributed by atoms with Crippen LogP contribution in [0, 0.1) is 23.3 Å². The molecule has 1 N–H and O–H groups in total. The van der Waals surface area contributed by atoms with Crippen molar-refractivity contribution < 1.29 is 22.7 Å². The third kappa shape index (κ3) is 2.59. The molecule has 0 aliphatic heterocycles. The molecule has 0 atom stereocenters. The van der Waals surface area contributed by atoms with Gasteiger partial charge in [0, 0.05) is 18.7 Å². The molecule has 14 heavy (non-hydrogen) atoms. The maximum Gasteiger partial charge on any atom is 0.166 e. The first kappa shape index (κ1) is 13.2. The molecule has 1 aromatic carbocycles. The van der Waals surface area contributed by atoms with Gasteiger partial charge in [0.2, 0.25) is 0 Å². The summed E-state index contributed by atoms with van der Waals surface area (Å²) in [4.78, 5) is 0. The van der Waals surface area contributed by atoms with Crippen molar-refractivity contribution in [2.45, 2.75) is 5.88 Å². The van der Waals surface area contributed by atoms with E-state index in [1.54, 1.807) is 0 Å². The van der Waals surface area contributed by atoms with Crippen molar-refractivity contribution in [3.63, 3.8) is 0 Å². The van der Waals surface area contributed by atoms with Crippen LogP contribution in [-0.4, -0.2) is 12.2 Å². The molecule has 0 heterocycles. The predicted molar refractivity (Wildman–Crippen MR) is 44.0 cm³/mol. The van der Waals surface area contributed by atoms with Gasteiger partial charge in [0.25, 0.3) is 0 Å². The van der Waals surface area contributed by atoms with Crippen LogP contribution in [-0.2, 0) is 5.88 Å². The second kappa shape index (κ2) is 5.82. The van der Waals surface area contributed by atoms with Gasteiger partial charge in [0.1, 0.15) is 0 Å². The number of halogens is 5. The van der Waals surface area contributed by atoms with Crippen LogP contribution in [0.1, 0.15) is 5.56 Å². The summed E-state index contributed by atoms with van der Waals surface area (Å²) in [6.45, 7) is 0. The molecule has 0 fully saturated rings. The van der Waals surface area contributed by atoms with Gasteiger partial charge in [-0.25, -0.2) is 17.6 Å². The lowest BCUT2D eigenvalue weighted by atomic mass is 10.2. The van der Waals surface area contributed by atoms with Crippen LogP contribution in [0.25, 0.3) is 0 Å². The largest absolute Gasteiger partial charge is 0.400 e. The Morgan fingerprint density at radius 2 is 1.43 bits per heavy atom. The van der Waals surface area contributed by atoms with Crippen LogP contribution in [0.3, 0.4) is 0 Å². The van der Waals surface area contributed by atoms with Gasteiger partial charge in [0.05, 0.1) is 5.88 Å². The standard InChI is InChI=1S/C7H3ClF4.CH4O/c8-2-3-6(11)4(9)1-5(10)7(3)12;1-2/h1H,2H2;2H,1H3. The zero-order chi connectivity index (χ0) is 11.3. The van der Waals surface area contributed by atoms with Crippen LogP contribution >= 0.6 is 11.6 Å².